The Kier molecular flexibility index (Phi) is 8.44. The highest BCUT2D eigenvalue weighted by atomic mass is 32.2. The molecule has 0 bridgehead atoms. The van der Waals surface area contributed by atoms with Gasteiger partial charge in [0.25, 0.3) is 10.1 Å². The first-order valence-corrected chi connectivity index (χ1v) is 10.5. The van der Waals surface area contributed by atoms with Gasteiger partial charge in [0.05, 0.1) is 12.4 Å². The number of aliphatic hydroxyl groups excluding tert-OH is 1. The van der Waals surface area contributed by atoms with E-state index in [9.17, 15) is 18.6 Å². The molecule has 0 spiro atoms. The minimum absolute atomic E-state index is 0.0119. The Morgan fingerprint density at radius 2 is 1.64 bits per heavy atom. The fourth-order valence-corrected chi connectivity index (χ4v) is 2.08. The third kappa shape index (κ3) is 10.3. The molecule has 0 aliphatic carbocycles. The number of aryl methyl sites for hydroxylation is 1. The smallest absolute Gasteiger partial charge is 0.261 e. The lowest BCUT2D eigenvalue weighted by Gasteiger charge is -2.23. The van der Waals surface area contributed by atoms with Crippen molar-refractivity contribution in [3.63, 3.8) is 0 Å². The SMILES string of the molecule is CS(=O)(=O)O.Cc1ccc(Oc2ccc(C(O)CNC(C)(C)C)cc2O)cc1. The summed E-state index contributed by atoms with van der Waals surface area (Å²) in [7, 11) is -3.67. The van der Waals surface area contributed by atoms with Crippen molar-refractivity contribution in [2.24, 2.45) is 0 Å². The number of benzene rings is 2. The molecular weight excluding hydrogens is 382 g/mol. The van der Waals surface area contributed by atoms with E-state index in [0.717, 1.165) is 5.56 Å². The van der Waals surface area contributed by atoms with Crippen LogP contribution in [-0.2, 0) is 10.1 Å². The van der Waals surface area contributed by atoms with Gasteiger partial charge in [0.15, 0.2) is 11.5 Å². The Balaban J connectivity index is 0.000000696. The van der Waals surface area contributed by atoms with Gasteiger partial charge in [-0.05, 0) is 57.5 Å². The Bertz CT molecular complexity index is 849. The van der Waals surface area contributed by atoms with Crippen molar-refractivity contribution in [2.75, 3.05) is 12.8 Å². The van der Waals surface area contributed by atoms with Crippen LogP contribution in [0.5, 0.6) is 17.2 Å². The van der Waals surface area contributed by atoms with Gasteiger partial charge in [0, 0.05) is 12.1 Å². The molecule has 4 N–H and O–H groups in total. The molecule has 0 radical (unpaired) electrons. The van der Waals surface area contributed by atoms with E-state index in [2.05, 4.69) is 5.32 Å². The van der Waals surface area contributed by atoms with E-state index >= 15 is 0 Å². The van der Waals surface area contributed by atoms with Crippen LogP contribution in [0, 0.1) is 6.92 Å². The van der Waals surface area contributed by atoms with Crippen LogP contribution in [0.2, 0.25) is 0 Å². The summed E-state index contributed by atoms with van der Waals surface area (Å²) in [6.07, 6.45) is 0.0287. The topological polar surface area (TPSA) is 116 Å². The fourth-order valence-electron chi connectivity index (χ4n) is 2.08. The zero-order valence-electron chi connectivity index (χ0n) is 16.8. The van der Waals surface area contributed by atoms with Crippen molar-refractivity contribution in [1.82, 2.24) is 5.32 Å². The normalized spacial score (nSPS) is 12.7. The van der Waals surface area contributed by atoms with Crippen molar-refractivity contribution < 1.29 is 27.9 Å². The summed E-state index contributed by atoms with van der Waals surface area (Å²) in [6, 6.07) is 12.6. The van der Waals surface area contributed by atoms with Gasteiger partial charge >= 0.3 is 0 Å². The maximum atomic E-state index is 10.2. The van der Waals surface area contributed by atoms with Crippen molar-refractivity contribution in [2.45, 2.75) is 39.3 Å². The van der Waals surface area contributed by atoms with E-state index in [-0.39, 0.29) is 11.3 Å². The lowest BCUT2D eigenvalue weighted by Crippen LogP contribution is -2.38. The van der Waals surface area contributed by atoms with Crippen LogP contribution in [0.4, 0.5) is 0 Å². The first-order chi connectivity index (χ1) is 12.7. The summed E-state index contributed by atoms with van der Waals surface area (Å²) >= 11 is 0. The molecule has 0 amide bonds. The zero-order valence-corrected chi connectivity index (χ0v) is 17.6. The molecule has 0 heterocycles. The number of hydrogen-bond acceptors (Lipinski definition) is 6. The minimum Gasteiger partial charge on any atom is -0.504 e. The van der Waals surface area contributed by atoms with E-state index in [1.165, 1.54) is 0 Å². The number of phenols is 1. The number of nitrogens with one attached hydrogen (secondary N) is 1. The van der Waals surface area contributed by atoms with E-state index in [1.807, 2.05) is 52.0 Å². The van der Waals surface area contributed by atoms with Crippen LogP contribution < -0.4 is 10.1 Å². The summed E-state index contributed by atoms with van der Waals surface area (Å²) in [5.41, 5.74) is 1.72. The van der Waals surface area contributed by atoms with Crippen molar-refractivity contribution >= 4 is 10.1 Å². The highest BCUT2D eigenvalue weighted by Crippen LogP contribution is 2.33. The third-order valence-corrected chi connectivity index (χ3v) is 3.44. The number of ether oxygens (including phenoxy) is 1. The number of hydrogen-bond donors (Lipinski definition) is 4. The molecule has 156 valence electrons. The molecule has 28 heavy (non-hydrogen) atoms. The van der Waals surface area contributed by atoms with Crippen molar-refractivity contribution in [3.05, 3.63) is 53.6 Å². The van der Waals surface area contributed by atoms with Crippen LogP contribution in [0.3, 0.4) is 0 Å². The number of aromatic hydroxyl groups is 1. The maximum Gasteiger partial charge on any atom is 0.261 e. The molecule has 0 saturated heterocycles. The molecule has 0 fully saturated rings. The molecule has 0 aliphatic rings. The van der Waals surface area contributed by atoms with E-state index < -0.39 is 16.2 Å². The average Bonchev–Trinajstić information content (AvgIpc) is 2.54. The number of phenolic OH excluding ortho intramolecular Hbond substituents is 1. The van der Waals surface area contributed by atoms with Crippen molar-refractivity contribution in [1.29, 1.82) is 0 Å². The maximum absolute atomic E-state index is 10.2. The Hall–Kier alpha value is -2.13. The Morgan fingerprint density at radius 3 is 2.11 bits per heavy atom. The quantitative estimate of drug-likeness (QED) is 0.557. The molecule has 7 nitrogen and oxygen atoms in total. The van der Waals surface area contributed by atoms with Crippen LogP contribution in [-0.4, -0.2) is 41.5 Å². The van der Waals surface area contributed by atoms with E-state index in [1.54, 1.807) is 18.2 Å². The summed E-state index contributed by atoms with van der Waals surface area (Å²) < 4.78 is 31.5. The second-order valence-corrected chi connectivity index (χ2v) is 8.99. The van der Waals surface area contributed by atoms with E-state index in [4.69, 9.17) is 9.29 Å². The van der Waals surface area contributed by atoms with Gasteiger partial charge in [-0.1, -0.05) is 23.8 Å². The molecule has 0 aromatic heterocycles. The summed E-state index contributed by atoms with van der Waals surface area (Å²) in [6.45, 7) is 8.53. The Labute approximate surface area is 166 Å². The first-order valence-electron chi connectivity index (χ1n) is 8.67. The summed E-state index contributed by atoms with van der Waals surface area (Å²) in [4.78, 5) is 0. The molecule has 1 unspecified atom stereocenters. The van der Waals surface area contributed by atoms with Gasteiger partial charge < -0.3 is 20.3 Å². The second kappa shape index (κ2) is 9.88. The third-order valence-electron chi connectivity index (χ3n) is 3.44. The van der Waals surface area contributed by atoms with Gasteiger partial charge in [-0.25, -0.2) is 0 Å². The highest BCUT2D eigenvalue weighted by Gasteiger charge is 2.15. The predicted octanol–water partition coefficient (Wildman–Crippen LogP) is 3.42. The standard InChI is InChI=1S/C19H25NO3.CH4O3S/c1-13-5-8-15(9-6-13)23-18-10-7-14(11-16(18)21)17(22)12-20-19(2,3)4;1-5(2,3)4/h5-11,17,20-22H,12H2,1-4H3;1H3,(H,2,3,4). The van der Waals surface area contributed by atoms with Gasteiger partial charge in [-0.15, -0.1) is 0 Å². The zero-order chi connectivity index (χ0) is 21.5. The van der Waals surface area contributed by atoms with Gasteiger partial charge in [0.1, 0.15) is 5.75 Å². The molecule has 2 aromatic rings. The molecule has 2 aromatic carbocycles. The van der Waals surface area contributed by atoms with Crippen LogP contribution >= 0.6 is 0 Å². The highest BCUT2D eigenvalue weighted by molar-refractivity contribution is 7.85. The molecule has 0 aliphatic heterocycles. The molecular formula is C20H29NO6S. The van der Waals surface area contributed by atoms with Gasteiger partial charge in [-0.3, -0.25) is 4.55 Å². The molecule has 2 rings (SSSR count). The predicted molar refractivity (Wildman–Crippen MR) is 110 cm³/mol. The summed E-state index contributed by atoms with van der Waals surface area (Å²) in [5, 5.41) is 23.6. The Morgan fingerprint density at radius 1 is 1.11 bits per heavy atom. The first kappa shape index (κ1) is 23.9. The monoisotopic (exact) mass is 411 g/mol. The van der Waals surface area contributed by atoms with Gasteiger partial charge in [-0.2, -0.15) is 8.42 Å². The summed E-state index contributed by atoms with van der Waals surface area (Å²) in [5.74, 6) is 1.04. The van der Waals surface area contributed by atoms with Crippen LogP contribution in [0.1, 0.15) is 38.0 Å². The second-order valence-electron chi connectivity index (χ2n) is 7.52. The average molecular weight is 412 g/mol. The lowest BCUT2D eigenvalue weighted by atomic mass is 10.1. The van der Waals surface area contributed by atoms with E-state index in [0.29, 0.717) is 29.9 Å². The largest absolute Gasteiger partial charge is 0.504 e. The van der Waals surface area contributed by atoms with Crippen molar-refractivity contribution in [3.8, 4) is 17.2 Å². The number of β-amino-alcohol motifs (C(OH)–C–C–N with tert-alkyl or cyclic N) is 1. The number of rotatable bonds is 5. The lowest BCUT2D eigenvalue weighted by molar-refractivity contribution is 0.163. The fraction of sp³-hybridized carbons (Fsp3) is 0.400. The molecule has 1 atom stereocenters. The van der Waals surface area contributed by atoms with Gasteiger partial charge in [0.2, 0.25) is 0 Å². The molecule has 0 saturated carbocycles. The minimum atomic E-state index is -3.67. The van der Waals surface area contributed by atoms with Crippen LogP contribution in [0.15, 0.2) is 42.5 Å². The molecule has 8 heteroatoms. The van der Waals surface area contributed by atoms with Crippen LogP contribution in [0.25, 0.3) is 0 Å². The number of aliphatic hydroxyl groups is 1.